The maximum Gasteiger partial charge on any atom is 0.119 e. The van der Waals surface area contributed by atoms with Gasteiger partial charge in [0.1, 0.15) is 5.75 Å². The van der Waals surface area contributed by atoms with Crippen LogP contribution in [-0.4, -0.2) is 12.6 Å². The zero-order valence-corrected chi connectivity index (χ0v) is 11.9. The molecule has 0 heterocycles. The molecular formula is C18H21NO. The molecule has 2 aromatic carbocycles. The molecule has 0 spiro atoms. The van der Waals surface area contributed by atoms with Crippen molar-refractivity contribution in [3.8, 4) is 5.75 Å². The standard InChI is InChI=1S/C18H21NO/c1-2-20-18-9-5-6-14(10-18)13-19-17-11-15-7-3-4-8-16(15)12-17/h3-10,17,19H,2,11-13H2,1H3. The topological polar surface area (TPSA) is 21.3 Å². The van der Waals surface area contributed by atoms with Crippen LogP contribution in [0.3, 0.4) is 0 Å². The Hall–Kier alpha value is -1.80. The minimum Gasteiger partial charge on any atom is -0.494 e. The van der Waals surface area contributed by atoms with Gasteiger partial charge in [0.15, 0.2) is 0 Å². The summed E-state index contributed by atoms with van der Waals surface area (Å²) < 4.78 is 5.54. The second-order valence-electron chi connectivity index (χ2n) is 5.34. The SMILES string of the molecule is CCOc1cccc(CNC2Cc3ccccc3C2)c1. The van der Waals surface area contributed by atoms with Gasteiger partial charge in [0, 0.05) is 12.6 Å². The Morgan fingerprint density at radius 1 is 1.05 bits per heavy atom. The molecule has 2 aromatic rings. The summed E-state index contributed by atoms with van der Waals surface area (Å²) in [6.07, 6.45) is 2.28. The van der Waals surface area contributed by atoms with Crippen LogP contribution in [0.1, 0.15) is 23.6 Å². The van der Waals surface area contributed by atoms with Crippen LogP contribution in [0.5, 0.6) is 5.75 Å². The van der Waals surface area contributed by atoms with E-state index in [-0.39, 0.29) is 0 Å². The van der Waals surface area contributed by atoms with Crippen molar-refractivity contribution in [2.24, 2.45) is 0 Å². The third-order valence-electron chi connectivity index (χ3n) is 3.86. The van der Waals surface area contributed by atoms with Gasteiger partial charge in [-0.1, -0.05) is 36.4 Å². The molecule has 0 amide bonds. The largest absolute Gasteiger partial charge is 0.494 e. The Bertz CT molecular complexity index is 554. The van der Waals surface area contributed by atoms with E-state index in [0.29, 0.717) is 6.04 Å². The fourth-order valence-corrected chi connectivity index (χ4v) is 2.88. The number of hydrogen-bond donors (Lipinski definition) is 1. The zero-order valence-electron chi connectivity index (χ0n) is 11.9. The van der Waals surface area contributed by atoms with Gasteiger partial charge in [-0.3, -0.25) is 0 Å². The van der Waals surface area contributed by atoms with E-state index in [1.165, 1.54) is 16.7 Å². The van der Waals surface area contributed by atoms with E-state index in [9.17, 15) is 0 Å². The Balaban J connectivity index is 1.57. The second kappa shape index (κ2) is 6.10. The molecule has 3 rings (SSSR count). The molecule has 2 nitrogen and oxygen atoms in total. The molecule has 0 aromatic heterocycles. The average molecular weight is 267 g/mol. The Morgan fingerprint density at radius 3 is 2.50 bits per heavy atom. The van der Waals surface area contributed by atoms with E-state index in [0.717, 1.165) is 31.7 Å². The second-order valence-corrected chi connectivity index (χ2v) is 5.34. The first kappa shape index (κ1) is 13.2. The predicted octanol–water partition coefficient (Wildman–Crippen LogP) is 3.34. The van der Waals surface area contributed by atoms with Gasteiger partial charge in [0.2, 0.25) is 0 Å². The first-order valence-corrected chi connectivity index (χ1v) is 7.37. The molecule has 0 unspecified atom stereocenters. The fraction of sp³-hybridized carbons (Fsp3) is 0.333. The van der Waals surface area contributed by atoms with E-state index < -0.39 is 0 Å². The van der Waals surface area contributed by atoms with Gasteiger partial charge in [-0.25, -0.2) is 0 Å². The highest BCUT2D eigenvalue weighted by Gasteiger charge is 2.19. The molecule has 0 atom stereocenters. The molecule has 20 heavy (non-hydrogen) atoms. The third kappa shape index (κ3) is 3.02. The normalized spacial score (nSPS) is 14.2. The van der Waals surface area contributed by atoms with Gasteiger partial charge < -0.3 is 10.1 Å². The summed E-state index contributed by atoms with van der Waals surface area (Å²) in [6.45, 7) is 3.63. The molecule has 0 radical (unpaired) electrons. The van der Waals surface area contributed by atoms with Gasteiger partial charge >= 0.3 is 0 Å². The van der Waals surface area contributed by atoms with Crippen molar-refractivity contribution in [1.29, 1.82) is 0 Å². The lowest BCUT2D eigenvalue weighted by Crippen LogP contribution is -2.28. The molecule has 0 aliphatic heterocycles. The van der Waals surface area contributed by atoms with Crippen LogP contribution >= 0.6 is 0 Å². The van der Waals surface area contributed by atoms with E-state index in [1.54, 1.807) is 0 Å². The molecule has 1 N–H and O–H groups in total. The highest BCUT2D eigenvalue weighted by molar-refractivity contribution is 5.33. The summed E-state index contributed by atoms with van der Waals surface area (Å²) in [5, 5.41) is 3.66. The quantitative estimate of drug-likeness (QED) is 0.897. The molecule has 104 valence electrons. The number of nitrogens with one attached hydrogen (secondary N) is 1. The van der Waals surface area contributed by atoms with Crippen LogP contribution in [0, 0.1) is 0 Å². The van der Waals surface area contributed by atoms with Crippen LogP contribution in [0.2, 0.25) is 0 Å². The van der Waals surface area contributed by atoms with Crippen molar-refractivity contribution in [2.75, 3.05) is 6.61 Å². The number of ether oxygens (including phenoxy) is 1. The summed E-state index contributed by atoms with van der Waals surface area (Å²) in [5.41, 5.74) is 4.27. The molecule has 2 heteroatoms. The average Bonchev–Trinajstić information content (AvgIpc) is 2.89. The Labute approximate surface area is 120 Å². The summed E-state index contributed by atoms with van der Waals surface area (Å²) in [4.78, 5) is 0. The maximum absolute atomic E-state index is 5.54. The molecular weight excluding hydrogens is 246 g/mol. The van der Waals surface area contributed by atoms with Crippen LogP contribution in [0.25, 0.3) is 0 Å². The van der Waals surface area contributed by atoms with Crippen molar-refractivity contribution < 1.29 is 4.74 Å². The number of rotatable bonds is 5. The third-order valence-corrected chi connectivity index (χ3v) is 3.86. The van der Waals surface area contributed by atoms with Crippen LogP contribution in [0.15, 0.2) is 48.5 Å². The van der Waals surface area contributed by atoms with Gasteiger partial charge in [0.05, 0.1) is 6.61 Å². The van der Waals surface area contributed by atoms with E-state index in [2.05, 4.69) is 47.8 Å². The number of fused-ring (bicyclic) bond motifs is 1. The van der Waals surface area contributed by atoms with E-state index in [1.807, 2.05) is 13.0 Å². The molecule has 1 aliphatic carbocycles. The molecule has 0 bridgehead atoms. The summed E-state index contributed by atoms with van der Waals surface area (Å²) in [6, 6.07) is 17.7. The minimum atomic E-state index is 0.558. The van der Waals surface area contributed by atoms with Crippen molar-refractivity contribution >= 4 is 0 Å². The highest BCUT2D eigenvalue weighted by Crippen LogP contribution is 2.22. The maximum atomic E-state index is 5.54. The minimum absolute atomic E-state index is 0.558. The first-order chi connectivity index (χ1) is 9.85. The summed E-state index contributed by atoms with van der Waals surface area (Å²) in [5.74, 6) is 0.960. The van der Waals surface area contributed by atoms with Gasteiger partial charge in [-0.15, -0.1) is 0 Å². The number of benzene rings is 2. The first-order valence-electron chi connectivity index (χ1n) is 7.37. The fourth-order valence-electron chi connectivity index (χ4n) is 2.88. The summed E-state index contributed by atoms with van der Waals surface area (Å²) >= 11 is 0. The van der Waals surface area contributed by atoms with E-state index in [4.69, 9.17) is 4.74 Å². The number of hydrogen-bond acceptors (Lipinski definition) is 2. The monoisotopic (exact) mass is 267 g/mol. The lowest BCUT2D eigenvalue weighted by atomic mass is 10.1. The van der Waals surface area contributed by atoms with E-state index >= 15 is 0 Å². The molecule has 0 saturated carbocycles. The molecule has 0 fully saturated rings. The summed E-state index contributed by atoms with van der Waals surface area (Å²) in [7, 11) is 0. The van der Waals surface area contributed by atoms with Crippen LogP contribution in [0.4, 0.5) is 0 Å². The van der Waals surface area contributed by atoms with Crippen LogP contribution in [-0.2, 0) is 19.4 Å². The van der Waals surface area contributed by atoms with Crippen molar-refractivity contribution in [1.82, 2.24) is 5.32 Å². The predicted molar refractivity (Wildman–Crippen MR) is 82.1 cm³/mol. The van der Waals surface area contributed by atoms with Gasteiger partial charge in [-0.05, 0) is 48.6 Å². The Kier molecular flexibility index (Phi) is 4.03. The molecule has 1 aliphatic rings. The highest BCUT2D eigenvalue weighted by atomic mass is 16.5. The molecule has 0 saturated heterocycles. The smallest absolute Gasteiger partial charge is 0.119 e. The van der Waals surface area contributed by atoms with Crippen LogP contribution < -0.4 is 10.1 Å². The van der Waals surface area contributed by atoms with Crippen molar-refractivity contribution in [3.63, 3.8) is 0 Å². The van der Waals surface area contributed by atoms with Gasteiger partial charge in [-0.2, -0.15) is 0 Å². The van der Waals surface area contributed by atoms with Crippen molar-refractivity contribution in [2.45, 2.75) is 32.4 Å². The van der Waals surface area contributed by atoms with Crippen molar-refractivity contribution in [3.05, 3.63) is 65.2 Å². The van der Waals surface area contributed by atoms with Gasteiger partial charge in [0.25, 0.3) is 0 Å². The lowest BCUT2D eigenvalue weighted by molar-refractivity contribution is 0.339. The lowest BCUT2D eigenvalue weighted by Gasteiger charge is -2.12. The zero-order chi connectivity index (χ0) is 13.8. The Morgan fingerprint density at radius 2 is 1.80 bits per heavy atom.